The number of nitrogen functional groups attached to an aromatic ring is 1. The highest BCUT2D eigenvalue weighted by molar-refractivity contribution is 5.78. The second-order valence-electron chi connectivity index (χ2n) is 4.91. The average Bonchev–Trinajstić information content (AvgIpc) is 2.41. The van der Waals surface area contributed by atoms with E-state index in [1.165, 1.54) is 11.0 Å². The number of halogens is 2. The minimum atomic E-state index is -0.708. The normalized spacial score (nSPS) is 10.4. The Morgan fingerprint density at radius 2 is 1.95 bits per heavy atom. The Kier molecular flexibility index (Phi) is 4.52. The van der Waals surface area contributed by atoms with Crippen molar-refractivity contribution in [3.05, 3.63) is 65.2 Å². The van der Waals surface area contributed by atoms with Crippen molar-refractivity contribution in [2.75, 3.05) is 12.8 Å². The second-order valence-corrected chi connectivity index (χ2v) is 4.91. The lowest BCUT2D eigenvalue weighted by molar-refractivity contribution is -0.129. The molecule has 2 aromatic carbocycles. The third-order valence-corrected chi connectivity index (χ3v) is 3.15. The summed E-state index contributed by atoms with van der Waals surface area (Å²) in [5.41, 5.74) is 7.38. The standard InChI is InChI=1S/C16H16F2N2O/c1-20(10-11-3-2-4-14(19)7-11)16(21)8-12-5-6-13(17)9-15(12)18/h2-7,9H,8,10,19H2,1H3. The van der Waals surface area contributed by atoms with Crippen molar-refractivity contribution in [3.8, 4) is 0 Å². The fraction of sp³-hybridized carbons (Fsp3) is 0.188. The van der Waals surface area contributed by atoms with Crippen LogP contribution in [0.2, 0.25) is 0 Å². The molecule has 110 valence electrons. The molecule has 0 saturated heterocycles. The first kappa shape index (κ1) is 15.0. The van der Waals surface area contributed by atoms with E-state index in [2.05, 4.69) is 0 Å². The van der Waals surface area contributed by atoms with Crippen molar-refractivity contribution in [1.82, 2.24) is 4.90 Å². The van der Waals surface area contributed by atoms with Gasteiger partial charge in [-0.05, 0) is 29.3 Å². The van der Waals surface area contributed by atoms with Crippen LogP contribution in [0.25, 0.3) is 0 Å². The lowest BCUT2D eigenvalue weighted by atomic mass is 10.1. The van der Waals surface area contributed by atoms with Crippen LogP contribution >= 0.6 is 0 Å². The third kappa shape index (κ3) is 4.02. The number of amides is 1. The molecule has 21 heavy (non-hydrogen) atoms. The van der Waals surface area contributed by atoms with Gasteiger partial charge in [0, 0.05) is 25.3 Å². The molecule has 2 rings (SSSR count). The molecule has 0 aliphatic heterocycles. The van der Waals surface area contributed by atoms with E-state index in [1.807, 2.05) is 12.1 Å². The maximum atomic E-state index is 13.5. The molecular formula is C16H16F2N2O. The molecule has 0 heterocycles. The molecule has 0 bridgehead atoms. The minimum Gasteiger partial charge on any atom is -0.399 e. The molecule has 0 aromatic heterocycles. The quantitative estimate of drug-likeness (QED) is 0.880. The van der Waals surface area contributed by atoms with Crippen LogP contribution in [-0.2, 0) is 17.8 Å². The van der Waals surface area contributed by atoms with Crippen molar-refractivity contribution >= 4 is 11.6 Å². The molecule has 0 radical (unpaired) electrons. The van der Waals surface area contributed by atoms with E-state index in [1.54, 1.807) is 19.2 Å². The molecular weight excluding hydrogens is 274 g/mol. The Morgan fingerprint density at radius 1 is 1.19 bits per heavy atom. The predicted octanol–water partition coefficient (Wildman–Crippen LogP) is 2.75. The third-order valence-electron chi connectivity index (χ3n) is 3.15. The molecule has 3 nitrogen and oxygen atoms in total. The van der Waals surface area contributed by atoms with E-state index in [4.69, 9.17) is 5.73 Å². The number of rotatable bonds is 4. The van der Waals surface area contributed by atoms with Crippen LogP contribution in [0.3, 0.4) is 0 Å². The summed E-state index contributed by atoms with van der Waals surface area (Å²) in [5.74, 6) is -1.61. The molecule has 2 aromatic rings. The van der Waals surface area contributed by atoms with Crippen LogP contribution in [0.15, 0.2) is 42.5 Å². The van der Waals surface area contributed by atoms with E-state index >= 15 is 0 Å². The lowest BCUT2D eigenvalue weighted by Gasteiger charge is -2.17. The van der Waals surface area contributed by atoms with Gasteiger partial charge in [-0.1, -0.05) is 18.2 Å². The van der Waals surface area contributed by atoms with Gasteiger partial charge >= 0.3 is 0 Å². The number of nitrogens with two attached hydrogens (primary N) is 1. The topological polar surface area (TPSA) is 46.3 Å². The van der Waals surface area contributed by atoms with E-state index in [9.17, 15) is 13.6 Å². The smallest absolute Gasteiger partial charge is 0.227 e. The predicted molar refractivity (Wildman–Crippen MR) is 77.4 cm³/mol. The molecule has 0 spiro atoms. The summed E-state index contributed by atoms with van der Waals surface area (Å²) in [5, 5.41) is 0. The maximum Gasteiger partial charge on any atom is 0.227 e. The van der Waals surface area contributed by atoms with Crippen molar-refractivity contribution < 1.29 is 13.6 Å². The Labute approximate surface area is 122 Å². The molecule has 0 saturated carbocycles. The van der Waals surface area contributed by atoms with Crippen LogP contribution < -0.4 is 5.73 Å². The zero-order valence-electron chi connectivity index (χ0n) is 11.6. The maximum absolute atomic E-state index is 13.5. The van der Waals surface area contributed by atoms with Gasteiger partial charge in [0.2, 0.25) is 5.91 Å². The van der Waals surface area contributed by atoms with Crippen molar-refractivity contribution in [3.63, 3.8) is 0 Å². The molecule has 0 unspecified atom stereocenters. The fourth-order valence-corrected chi connectivity index (χ4v) is 2.02. The average molecular weight is 290 g/mol. The largest absolute Gasteiger partial charge is 0.399 e. The fourth-order valence-electron chi connectivity index (χ4n) is 2.02. The van der Waals surface area contributed by atoms with Gasteiger partial charge in [-0.2, -0.15) is 0 Å². The molecule has 2 N–H and O–H groups in total. The van der Waals surface area contributed by atoms with Gasteiger partial charge in [0.15, 0.2) is 0 Å². The van der Waals surface area contributed by atoms with Crippen LogP contribution in [0.4, 0.5) is 14.5 Å². The van der Waals surface area contributed by atoms with Gasteiger partial charge in [0.25, 0.3) is 0 Å². The number of anilines is 1. The lowest BCUT2D eigenvalue weighted by Crippen LogP contribution is -2.28. The van der Waals surface area contributed by atoms with Crippen molar-refractivity contribution in [2.45, 2.75) is 13.0 Å². The van der Waals surface area contributed by atoms with Crippen LogP contribution in [0.1, 0.15) is 11.1 Å². The SMILES string of the molecule is CN(Cc1cccc(N)c1)C(=O)Cc1ccc(F)cc1F. The Bertz CT molecular complexity index is 658. The Hall–Kier alpha value is -2.43. The van der Waals surface area contributed by atoms with Gasteiger partial charge in [-0.25, -0.2) is 8.78 Å². The van der Waals surface area contributed by atoms with Gasteiger partial charge in [0.1, 0.15) is 11.6 Å². The molecule has 0 atom stereocenters. The summed E-state index contributed by atoms with van der Waals surface area (Å²) in [6, 6.07) is 10.4. The van der Waals surface area contributed by atoms with Crippen LogP contribution in [0.5, 0.6) is 0 Å². The van der Waals surface area contributed by atoms with Gasteiger partial charge in [-0.3, -0.25) is 4.79 Å². The summed E-state index contributed by atoms with van der Waals surface area (Å²) in [6.07, 6.45) is -0.106. The monoisotopic (exact) mass is 290 g/mol. The first-order valence-electron chi connectivity index (χ1n) is 6.48. The Morgan fingerprint density at radius 3 is 2.62 bits per heavy atom. The van der Waals surface area contributed by atoms with E-state index in [-0.39, 0.29) is 17.9 Å². The van der Waals surface area contributed by atoms with Crippen molar-refractivity contribution in [2.24, 2.45) is 0 Å². The number of hydrogen-bond donors (Lipinski definition) is 1. The number of carbonyl (C=O) groups excluding carboxylic acids is 1. The second kappa shape index (κ2) is 6.35. The Balaban J connectivity index is 2.02. The van der Waals surface area contributed by atoms with Gasteiger partial charge in [-0.15, -0.1) is 0 Å². The zero-order valence-corrected chi connectivity index (χ0v) is 11.6. The summed E-state index contributed by atoms with van der Waals surface area (Å²) >= 11 is 0. The summed E-state index contributed by atoms with van der Waals surface area (Å²) in [6.45, 7) is 0.382. The summed E-state index contributed by atoms with van der Waals surface area (Å²) in [7, 11) is 1.63. The first-order valence-corrected chi connectivity index (χ1v) is 6.48. The number of benzene rings is 2. The molecule has 0 fully saturated rings. The highest BCUT2D eigenvalue weighted by atomic mass is 19.1. The number of likely N-dealkylation sites (N-methyl/N-ethyl adjacent to an activating group) is 1. The molecule has 0 aliphatic carbocycles. The van der Waals surface area contributed by atoms with Crippen molar-refractivity contribution in [1.29, 1.82) is 0 Å². The molecule has 5 heteroatoms. The minimum absolute atomic E-state index is 0.106. The first-order chi connectivity index (χ1) is 9.95. The van der Waals surface area contributed by atoms with E-state index < -0.39 is 11.6 Å². The molecule has 0 aliphatic rings. The number of nitrogens with zero attached hydrogens (tertiary/aromatic N) is 1. The van der Waals surface area contributed by atoms with E-state index in [0.717, 1.165) is 17.7 Å². The van der Waals surface area contributed by atoms with Gasteiger partial charge < -0.3 is 10.6 Å². The summed E-state index contributed by atoms with van der Waals surface area (Å²) in [4.78, 5) is 13.6. The number of carbonyl (C=O) groups is 1. The highest BCUT2D eigenvalue weighted by Crippen LogP contribution is 2.13. The van der Waals surface area contributed by atoms with E-state index in [0.29, 0.717) is 12.2 Å². The van der Waals surface area contributed by atoms with Gasteiger partial charge in [0.05, 0.1) is 6.42 Å². The highest BCUT2D eigenvalue weighted by Gasteiger charge is 2.13. The van der Waals surface area contributed by atoms with Crippen LogP contribution in [0, 0.1) is 11.6 Å². The van der Waals surface area contributed by atoms with Crippen LogP contribution in [-0.4, -0.2) is 17.9 Å². The molecule has 1 amide bonds. The zero-order chi connectivity index (χ0) is 15.4. The number of hydrogen-bond acceptors (Lipinski definition) is 2. The summed E-state index contributed by atoms with van der Waals surface area (Å²) < 4.78 is 26.3.